The molecule has 0 spiro atoms. The summed E-state index contributed by atoms with van der Waals surface area (Å²) in [6, 6.07) is 5.18. The molecule has 1 aromatic rings. The molecule has 0 aliphatic heterocycles. The summed E-state index contributed by atoms with van der Waals surface area (Å²) in [6.07, 6.45) is 0.437. The number of halogens is 1. The van der Waals surface area contributed by atoms with Crippen LogP contribution in [0.25, 0.3) is 0 Å². The Kier molecular flexibility index (Phi) is 5.08. The van der Waals surface area contributed by atoms with E-state index in [-0.39, 0.29) is 5.75 Å². The molecule has 96 valence electrons. The minimum absolute atomic E-state index is 0.0297. The Bertz CT molecular complexity index is 474. The molecule has 0 heterocycles. The Morgan fingerprint density at radius 1 is 1.41 bits per heavy atom. The largest absolute Gasteiger partial charge is 0.497 e. The summed E-state index contributed by atoms with van der Waals surface area (Å²) in [6.45, 7) is 1.82. The van der Waals surface area contributed by atoms with Gasteiger partial charge in [0, 0.05) is 5.88 Å². The van der Waals surface area contributed by atoms with Crippen LogP contribution in [0.4, 0.5) is 5.69 Å². The van der Waals surface area contributed by atoms with Gasteiger partial charge in [-0.1, -0.05) is 0 Å². The van der Waals surface area contributed by atoms with Crippen molar-refractivity contribution in [2.75, 3.05) is 23.5 Å². The third-order valence-electron chi connectivity index (χ3n) is 2.25. The molecule has 0 aliphatic rings. The standard InChI is InChI=1S/C11H16ClNO3S/c1-9-8-10(16-2)4-5-11(9)13-17(14,15)7-3-6-12/h4-5,8,13H,3,6-7H2,1-2H3. The minimum Gasteiger partial charge on any atom is -0.497 e. The summed E-state index contributed by atoms with van der Waals surface area (Å²) in [5.74, 6) is 1.07. The highest BCUT2D eigenvalue weighted by atomic mass is 35.5. The maximum Gasteiger partial charge on any atom is 0.232 e. The van der Waals surface area contributed by atoms with Crippen LogP contribution in [0.5, 0.6) is 5.75 Å². The van der Waals surface area contributed by atoms with Gasteiger partial charge in [-0.3, -0.25) is 4.72 Å². The third-order valence-corrected chi connectivity index (χ3v) is 3.87. The zero-order valence-corrected chi connectivity index (χ0v) is 11.4. The average molecular weight is 278 g/mol. The number of hydrogen-bond donors (Lipinski definition) is 1. The molecule has 0 amide bonds. The van der Waals surface area contributed by atoms with E-state index in [1.54, 1.807) is 25.3 Å². The lowest BCUT2D eigenvalue weighted by Crippen LogP contribution is -2.17. The van der Waals surface area contributed by atoms with Gasteiger partial charge in [0.2, 0.25) is 10.0 Å². The molecule has 0 radical (unpaired) electrons. The first-order valence-corrected chi connectivity index (χ1v) is 7.38. The number of aryl methyl sites for hydroxylation is 1. The normalized spacial score (nSPS) is 11.2. The smallest absolute Gasteiger partial charge is 0.232 e. The van der Waals surface area contributed by atoms with Gasteiger partial charge in [-0.05, 0) is 37.1 Å². The Labute approximate surface area is 107 Å². The second-order valence-electron chi connectivity index (χ2n) is 3.64. The number of rotatable bonds is 6. The number of nitrogens with one attached hydrogen (secondary N) is 1. The summed E-state index contributed by atoms with van der Waals surface area (Å²) in [5.41, 5.74) is 1.39. The molecule has 0 bridgehead atoms. The molecule has 0 fully saturated rings. The van der Waals surface area contributed by atoms with Crippen molar-refractivity contribution in [2.45, 2.75) is 13.3 Å². The number of sulfonamides is 1. The van der Waals surface area contributed by atoms with Crippen LogP contribution in [-0.4, -0.2) is 27.2 Å². The average Bonchev–Trinajstić information content (AvgIpc) is 2.29. The summed E-state index contributed by atoms with van der Waals surface area (Å²) < 4.78 is 30.9. The number of benzene rings is 1. The molecule has 1 rings (SSSR count). The molecular weight excluding hydrogens is 262 g/mol. The maximum atomic E-state index is 11.7. The zero-order valence-electron chi connectivity index (χ0n) is 9.86. The van der Waals surface area contributed by atoms with Gasteiger partial charge in [0.25, 0.3) is 0 Å². The van der Waals surface area contributed by atoms with Gasteiger partial charge in [0.15, 0.2) is 0 Å². The monoisotopic (exact) mass is 277 g/mol. The van der Waals surface area contributed by atoms with Crippen LogP contribution in [-0.2, 0) is 10.0 Å². The van der Waals surface area contributed by atoms with Crippen LogP contribution >= 0.6 is 11.6 Å². The summed E-state index contributed by atoms with van der Waals surface area (Å²) >= 11 is 5.47. The van der Waals surface area contributed by atoms with Crippen LogP contribution in [0, 0.1) is 6.92 Å². The number of ether oxygens (including phenoxy) is 1. The number of alkyl halides is 1. The lowest BCUT2D eigenvalue weighted by Gasteiger charge is -2.11. The quantitative estimate of drug-likeness (QED) is 0.812. The van der Waals surface area contributed by atoms with Gasteiger partial charge in [-0.15, -0.1) is 11.6 Å². The predicted octanol–water partition coefficient (Wildman–Crippen LogP) is 2.37. The number of hydrogen-bond acceptors (Lipinski definition) is 3. The first-order valence-electron chi connectivity index (χ1n) is 5.19. The van der Waals surface area contributed by atoms with Crippen LogP contribution in [0.3, 0.4) is 0 Å². The molecular formula is C11H16ClNO3S. The van der Waals surface area contributed by atoms with Crippen molar-refractivity contribution >= 4 is 27.3 Å². The molecule has 4 nitrogen and oxygen atoms in total. The van der Waals surface area contributed by atoms with E-state index in [1.807, 2.05) is 6.92 Å². The van der Waals surface area contributed by atoms with E-state index in [0.29, 0.717) is 23.7 Å². The van der Waals surface area contributed by atoms with Crippen molar-refractivity contribution < 1.29 is 13.2 Å². The summed E-state index contributed by atoms with van der Waals surface area (Å²) in [5, 5.41) is 0. The second-order valence-corrected chi connectivity index (χ2v) is 5.86. The van der Waals surface area contributed by atoms with E-state index in [9.17, 15) is 8.42 Å². The van der Waals surface area contributed by atoms with Crippen molar-refractivity contribution in [2.24, 2.45) is 0 Å². The highest BCUT2D eigenvalue weighted by Crippen LogP contribution is 2.22. The fourth-order valence-corrected chi connectivity index (χ4v) is 2.82. The first kappa shape index (κ1) is 14.1. The fraction of sp³-hybridized carbons (Fsp3) is 0.455. The van der Waals surface area contributed by atoms with Crippen molar-refractivity contribution in [3.63, 3.8) is 0 Å². The molecule has 1 aromatic carbocycles. The number of anilines is 1. The highest BCUT2D eigenvalue weighted by molar-refractivity contribution is 7.92. The van der Waals surface area contributed by atoms with E-state index in [4.69, 9.17) is 16.3 Å². The molecule has 1 N–H and O–H groups in total. The summed E-state index contributed by atoms with van der Waals surface area (Å²) in [7, 11) is -1.75. The summed E-state index contributed by atoms with van der Waals surface area (Å²) in [4.78, 5) is 0. The predicted molar refractivity (Wildman–Crippen MR) is 70.5 cm³/mol. The highest BCUT2D eigenvalue weighted by Gasteiger charge is 2.11. The number of methoxy groups -OCH3 is 1. The van der Waals surface area contributed by atoms with Gasteiger partial charge in [0.1, 0.15) is 5.75 Å². The van der Waals surface area contributed by atoms with Crippen LogP contribution < -0.4 is 9.46 Å². The Hall–Kier alpha value is -0.940. The van der Waals surface area contributed by atoms with E-state index < -0.39 is 10.0 Å². The molecule has 0 atom stereocenters. The third kappa shape index (κ3) is 4.44. The molecule has 0 aromatic heterocycles. The fourth-order valence-electron chi connectivity index (χ4n) is 1.34. The van der Waals surface area contributed by atoms with Crippen LogP contribution in [0.15, 0.2) is 18.2 Å². The van der Waals surface area contributed by atoms with Crippen LogP contribution in [0.1, 0.15) is 12.0 Å². The van der Waals surface area contributed by atoms with Crippen molar-refractivity contribution in [3.8, 4) is 5.75 Å². The molecule has 0 saturated carbocycles. The van der Waals surface area contributed by atoms with Crippen molar-refractivity contribution in [1.29, 1.82) is 0 Å². The molecule has 6 heteroatoms. The van der Waals surface area contributed by atoms with Gasteiger partial charge in [-0.2, -0.15) is 0 Å². The van der Waals surface area contributed by atoms with Gasteiger partial charge in [0.05, 0.1) is 18.6 Å². The van der Waals surface area contributed by atoms with E-state index in [0.717, 1.165) is 5.56 Å². The topological polar surface area (TPSA) is 55.4 Å². The Balaban J connectivity index is 2.81. The van der Waals surface area contributed by atoms with Crippen molar-refractivity contribution in [1.82, 2.24) is 0 Å². The first-order chi connectivity index (χ1) is 7.98. The second kappa shape index (κ2) is 6.12. The lowest BCUT2D eigenvalue weighted by atomic mass is 10.2. The van der Waals surface area contributed by atoms with Gasteiger partial charge >= 0.3 is 0 Å². The van der Waals surface area contributed by atoms with Gasteiger partial charge in [-0.25, -0.2) is 8.42 Å². The van der Waals surface area contributed by atoms with Crippen LogP contribution in [0.2, 0.25) is 0 Å². The molecule has 0 aliphatic carbocycles. The lowest BCUT2D eigenvalue weighted by molar-refractivity contribution is 0.414. The van der Waals surface area contributed by atoms with Gasteiger partial charge < -0.3 is 4.74 Å². The van der Waals surface area contributed by atoms with E-state index in [1.165, 1.54) is 0 Å². The van der Waals surface area contributed by atoms with E-state index >= 15 is 0 Å². The Morgan fingerprint density at radius 2 is 2.12 bits per heavy atom. The zero-order chi connectivity index (χ0) is 12.9. The molecule has 0 unspecified atom stereocenters. The maximum absolute atomic E-state index is 11.7. The SMILES string of the molecule is COc1ccc(NS(=O)(=O)CCCCl)c(C)c1. The minimum atomic E-state index is -3.31. The molecule has 17 heavy (non-hydrogen) atoms. The molecule has 0 saturated heterocycles. The Morgan fingerprint density at radius 3 is 2.65 bits per heavy atom. The van der Waals surface area contributed by atoms with Crippen molar-refractivity contribution in [3.05, 3.63) is 23.8 Å². The van der Waals surface area contributed by atoms with E-state index in [2.05, 4.69) is 4.72 Å².